The summed E-state index contributed by atoms with van der Waals surface area (Å²) < 4.78 is 5.24. The van der Waals surface area contributed by atoms with Crippen molar-refractivity contribution in [1.29, 1.82) is 0 Å². The monoisotopic (exact) mass is 971 g/mol. The summed E-state index contributed by atoms with van der Waals surface area (Å²) in [5.41, 5.74) is 27.5. The molecule has 0 amide bonds. The highest BCUT2D eigenvalue weighted by Crippen LogP contribution is 2.52. The highest BCUT2D eigenvalue weighted by molar-refractivity contribution is 7.00. The Hall–Kier alpha value is -8.86. The minimum absolute atomic E-state index is 0.0119. The van der Waals surface area contributed by atoms with Gasteiger partial charge in [0.05, 0.1) is 27.8 Å². The third kappa shape index (κ3) is 6.01. The fraction of sp³-hybridized carbons (Fsp3) is 0.111. The maximum Gasteiger partial charge on any atom is 0.252 e. The summed E-state index contributed by atoms with van der Waals surface area (Å²) in [6.45, 7) is 14.0. The van der Waals surface area contributed by atoms with Crippen molar-refractivity contribution < 1.29 is 0 Å². The summed E-state index contributed by atoms with van der Waals surface area (Å²) in [5.74, 6) is 0. The van der Waals surface area contributed by atoms with Gasteiger partial charge in [0, 0.05) is 44.3 Å². The molecule has 3 nitrogen and oxygen atoms in total. The summed E-state index contributed by atoms with van der Waals surface area (Å²) in [5, 5.41) is 7.76. The molecule has 16 rings (SSSR count). The van der Waals surface area contributed by atoms with Gasteiger partial charge in [-0.25, -0.2) is 0 Å². The van der Waals surface area contributed by atoms with Crippen LogP contribution in [0.15, 0.2) is 218 Å². The standard InChI is InChI=1S/C72H54BN3/c1-71(2,3)48-27-30-50(31-28-48)74-62-37-29-49(72(4,5)6)40-59(62)73-58-33-32-55-53-22-14-13-21-52(53)54-23-15-20-45-24-36-63-68(66(45)54)67(55)70(58)76(63)65-42-51(41-64(74)69(65)73)75-60-34-25-46(43-16-9-7-10-17-43)38-56(60)57-39-47(26-35-61(57)75)44-18-11-8-12-19-44/h7-42H,1-6H3. The third-order valence-corrected chi connectivity index (χ3v) is 17.3. The van der Waals surface area contributed by atoms with Crippen molar-refractivity contribution in [3.05, 3.63) is 230 Å². The van der Waals surface area contributed by atoms with E-state index < -0.39 is 0 Å². The van der Waals surface area contributed by atoms with E-state index in [0.29, 0.717) is 0 Å². The van der Waals surface area contributed by atoms with E-state index in [-0.39, 0.29) is 17.5 Å². The molecular weight excluding hydrogens is 918 g/mol. The fourth-order valence-corrected chi connectivity index (χ4v) is 13.7. The van der Waals surface area contributed by atoms with Crippen molar-refractivity contribution in [2.24, 2.45) is 0 Å². The molecule has 360 valence electrons. The van der Waals surface area contributed by atoms with Gasteiger partial charge in [-0.1, -0.05) is 199 Å². The largest absolute Gasteiger partial charge is 0.311 e. The van der Waals surface area contributed by atoms with Crippen LogP contribution in [0.25, 0.3) is 110 Å². The van der Waals surface area contributed by atoms with Crippen molar-refractivity contribution in [3.63, 3.8) is 0 Å². The molecule has 0 spiro atoms. The minimum atomic E-state index is -0.0566. The second-order valence-corrected chi connectivity index (χ2v) is 23.7. The first-order valence-electron chi connectivity index (χ1n) is 27.0. The number of aromatic nitrogens is 2. The SMILES string of the molecule is CC(C)(C)c1ccc(N2c3ccc(C(C)(C)C)cc3B3c4c2cc(-n2c5ccc(-c6ccccc6)cc5c5cc(-c6ccccc6)ccc52)cc4-n2c4ccc5cccc6c5c4c4c(ccc3c42)-c2ccccc2-6)cc1. The Kier molecular flexibility index (Phi) is 8.80. The molecule has 13 aromatic rings. The molecule has 0 unspecified atom stereocenters. The lowest BCUT2D eigenvalue weighted by atomic mass is 9.33. The fourth-order valence-electron chi connectivity index (χ4n) is 13.7. The maximum atomic E-state index is 2.68. The number of nitrogens with zero attached hydrogens (tertiary/aromatic N) is 3. The molecule has 4 heteroatoms. The zero-order valence-corrected chi connectivity index (χ0v) is 43.7. The van der Waals surface area contributed by atoms with E-state index in [9.17, 15) is 0 Å². The van der Waals surface area contributed by atoms with Crippen LogP contribution in [0.5, 0.6) is 0 Å². The van der Waals surface area contributed by atoms with E-state index in [0.717, 1.165) is 11.4 Å². The molecule has 3 aliphatic rings. The van der Waals surface area contributed by atoms with Crippen LogP contribution in [-0.2, 0) is 10.8 Å². The van der Waals surface area contributed by atoms with Crippen molar-refractivity contribution in [1.82, 2.24) is 9.13 Å². The van der Waals surface area contributed by atoms with E-state index in [1.807, 2.05) is 0 Å². The van der Waals surface area contributed by atoms with E-state index in [4.69, 9.17) is 0 Å². The highest BCUT2D eigenvalue weighted by atomic mass is 15.2. The molecule has 0 atom stereocenters. The van der Waals surface area contributed by atoms with E-state index in [1.54, 1.807) is 0 Å². The van der Waals surface area contributed by atoms with E-state index in [1.165, 1.54) is 143 Å². The normalized spacial score (nSPS) is 13.3. The zero-order valence-electron chi connectivity index (χ0n) is 43.7. The van der Waals surface area contributed by atoms with Gasteiger partial charge in [-0.05, 0) is 154 Å². The first-order valence-corrected chi connectivity index (χ1v) is 27.0. The Morgan fingerprint density at radius 1 is 0.342 bits per heavy atom. The number of fused-ring (bicyclic) bond motifs is 11. The van der Waals surface area contributed by atoms with E-state index >= 15 is 0 Å². The highest BCUT2D eigenvalue weighted by Gasteiger charge is 2.44. The quantitative estimate of drug-likeness (QED) is 0.160. The van der Waals surface area contributed by atoms with Gasteiger partial charge in [-0.2, -0.15) is 0 Å². The lowest BCUT2D eigenvalue weighted by molar-refractivity contribution is 0.590. The number of hydrogen-bond donors (Lipinski definition) is 0. The number of hydrogen-bond acceptors (Lipinski definition) is 1. The maximum absolute atomic E-state index is 2.68. The van der Waals surface area contributed by atoms with Crippen LogP contribution in [0.2, 0.25) is 0 Å². The summed E-state index contributed by atoms with van der Waals surface area (Å²) in [7, 11) is 0. The Morgan fingerprint density at radius 2 is 0.921 bits per heavy atom. The lowest BCUT2D eigenvalue weighted by Crippen LogP contribution is -2.60. The molecule has 4 heterocycles. The summed E-state index contributed by atoms with van der Waals surface area (Å²) in [6, 6.07) is 83.4. The summed E-state index contributed by atoms with van der Waals surface area (Å²) in [4.78, 5) is 2.59. The van der Waals surface area contributed by atoms with Gasteiger partial charge in [-0.15, -0.1) is 0 Å². The van der Waals surface area contributed by atoms with Crippen LogP contribution in [0.3, 0.4) is 0 Å². The van der Waals surface area contributed by atoms with Gasteiger partial charge in [0.15, 0.2) is 0 Å². The molecule has 0 radical (unpaired) electrons. The van der Waals surface area contributed by atoms with Crippen LogP contribution < -0.4 is 21.3 Å². The Bertz CT molecular complexity index is 4540. The minimum Gasteiger partial charge on any atom is -0.311 e. The lowest BCUT2D eigenvalue weighted by Gasteiger charge is -2.41. The van der Waals surface area contributed by atoms with Crippen LogP contribution in [0.4, 0.5) is 17.1 Å². The van der Waals surface area contributed by atoms with Crippen molar-refractivity contribution >= 4 is 94.5 Å². The van der Waals surface area contributed by atoms with Crippen molar-refractivity contribution in [2.75, 3.05) is 4.90 Å². The van der Waals surface area contributed by atoms with Gasteiger partial charge in [0.1, 0.15) is 0 Å². The summed E-state index contributed by atoms with van der Waals surface area (Å²) in [6.07, 6.45) is 0. The van der Waals surface area contributed by atoms with Gasteiger partial charge in [-0.3, -0.25) is 0 Å². The van der Waals surface area contributed by atoms with Gasteiger partial charge in [0.25, 0.3) is 6.71 Å². The second kappa shape index (κ2) is 15.4. The van der Waals surface area contributed by atoms with Crippen LogP contribution in [-0.4, -0.2) is 15.8 Å². The first-order chi connectivity index (χ1) is 37.0. The topological polar surface area (TPSA) is 13.1 Å². The number of rotatable bonds is 4. The zero-order chi connectivity index (χ0) is 50.9. The Morgan fingerprint density at radius 3 is 1.57 bits per heavy atom. The molecule has 2 aliphatic heterocycles. The molecule has 0 saturated carbocycles. The molecule has 1 aliphatic carbocycles. The van der Waals surface area contributed by atoms with Crippen molar-refractivity contribution in [3.8, 4) is 55.9 Å². The first kappa shape index (κ1) is 43.5. The van der Waals surface area contributed by atoms with E-state index in [2.05, 4.69) is 274 Å². The molecule has 11 aromatic carbocycles. The molecule has 2 aromatic heterocycles. The van der Waals surface area contributed by atoms with Crippen LogP contribution >= 0.6 is 0 Å². The average molecular weight is 972 g/mol. The molecule has 0 bridgehead atoms. The predicted octanol–water partition coefficient (Wildman–Crippen LogP) is 17.2. The smallest absolute Gasteiger partial charge is 0.252 e. The number of anilines is 3. The van der Waals surface area contributed by atoms with Gasteiger partial charge in [0.2, 0.25) is 0 Å². The second-order valence-electron chi connectivity index (χ2n) is 23.7. The summed E-state index contributed by atoms with van der Waals surface area (Å²) >= 11 is 0. The number of benzene rings is 11. The third-order valence-electron chi connectivity index (χ3n) is 17.3. The average Bonchev–Trinajstić information content (AvgIpc) is 4.07. The van der Waals surface area contributed by atoms with Gasteiger partial charge >= 0.3 is 0 Å². The molecular formula is C72H54BN3. The Labute approximate surface area is 444 Å². The molecule has 0 fully saturated rings. The Balaban J connectivity index is 1.07. The van der Waals surface area contributed by atoms with Crippen LogP contribution in [0, 0.1) is 0 Å². The van der Waals surface area contributed by atoms with Crippen molar-refractivity contribution in [2.45, 2.75) is 52.4 Å². The van der Waals surface area contributed by atoms with Gasteiger partial charge < -0.3 is 14.0 Å². The molecule has 0 N–H and O–H groups in total. The predicted molar refractivity (Wildman–Crippen MR) is 325 cm³/mol. The molecule has 0 saturated heterocycles. The molecule has 76 heavy (non-hydrogen) atoms. The van der Waals surface area contributed by atoms with Crippen LogP contribution in [0.1, 0.15) is 52.7 Å².